The van der Waals surface area contributed by atoms with Gasteiger partial charge in [0.05, 0.1) is 16.8 Å². The van der Waals surface area contributed by atoms with Gasteiger partial charge in [0.2, 0.25) is 11.8 Å². The molecule has 9 heteroatoms. The number of piperidine rings is 2. The van der Waals surface area contributed by atoms with Gasteiger partial charge >= 0.3 is 5.97 Å². The molecular weight excluding hydrogens is 378 g/mol. The number of hydrogen-bond acceptors (Lipinski definition) is 6. The number of benzene rings is 1. The number of hydrogen-bond donors (Lipinski definition) is 2. The van der Waals surface area contributed by atoms with Crippen LogP contribution in [-0.4, -0.2) is 58.7 Å². The van der Waals surface area contributed by atoms with Crippen molar-refractivity contribution in [2.75, 3.05) is 18.0 Å². The van der Waals surface area contributed by atoms with Crippen LogP contribution in [0.15, 0.2) is 18.2 Å². The summed E-state index contributed by atoms with van der Waals surface area (Å²) in [5.74, 6) is -2.81. The molecule has 3 aliphatic heterocycles. The highest BCUT2D eigenvalue weighted by Crippen LogP contribution is 2.36. The van der Waals surface area contributed by atoms with E-state index in [9.17, 15) is 24.0 Å². The summed E-state index contributed by atoms with van der Waals surface area (Å²) in [5.41, 5.74) is 1.16. The first-order valence-electron chi connectivity index (χ1n) is 9.68. The van der Waals surface area contributed by atoms with Gasteiger partial charge in [-0.15, -0.1) is 0 Å². The van der Waals surface area contributed by atoms with Crippen molar-refractivity contribution in [1.29, 1.82) is 0 Å². The highest BCUT2D eigenvalue weighted by Gasteiger charge is 2.46. The van der Waals surface area contributed by atoms with E-state index in [-0.39, 0.29) is 36.3 Å². The summed E-state index contributed by atoms with van der Waals surface area (Å²) in [6, 6.07) is 4.06. The van der Waals surface area contributed by atoms with E-state index in [0.29, 0.717) is 31.6 Å². The number of carbonyl (C=O) groups is 5. The Morgan fingerprint density at radius 2 is 1.79 bits per heavy atom. The first-order valence-corrected chi connectivity index (χ1v) is 9.68. The SMILES string of the molecule is O=C(O)CC1CCN(c2cccc3c2C(=O)N(C2CCC(=O)NC2=O)C3=O)CC1. The first-order chi connectivity index (χ1) is 13.9. The van der Waals surface area contributed by atoms with Crippen molar-refractivity contribution in [2.24, 2.45) is 5.92 Å². The van der Waals surface area contributed by atoms with E-state index >= 15 is 0 Å². The number of anilines is 1. The molecule has 2 saturated heterocycles. The molecule has 4 amide bonds. The lowest BCUT2D eigenvalue weighted by Crippen LogP contribution is -2.54. The lowest BCUT2D eigenvalue weighted by atomic mass is 9.92. The number of aliphatic carboxylic acids is 1. The second-order valence-electron chi connectivity index (χ2n) is 7.68. The minimum atomic E-state index is -0.991. The number of carbonyl (C=O) groups excluding carboxylic acids is 4. The van der Waals surface area contributed by atoms with Crippen molar-refractivity contribution in [3.8, 4) is 0 Å². The molecule has 0 radical (unpaired) electrons. The van der Waals surface area contributed by atoms with Crippen molar-refractivity contribution in [1.82, 2.24) is 10.2 Å². The molecule has 0 spiro atoms. The fraction of sp³-hybridized carbons (Fsp3) is 0.450. The molecule has 0 aliphatic carbocycles. The number of carboxylic acids is 1. The maximum Gasteiger partial charge on any atom is 0.303 e. The number of nitrogens with zero attached hydrogens (tertiary/aromatic N) is 2. The van der Waals surface area contributed by atoms with E-state index in [2.05, 4.69) is 5.32 Å². The normalized spacial score (nSPS) is 22.7. The first kappa shape index (κ1) is 19.1. The van der Waals surface area contributed by atoms with Gasteiger partial charge in [0.1, 0.15) is 6.04 Å². The molecular formula is C20H21N3O6. The summed E-state index contributed by atoms with van der Waals surface area (Å²) in [6.45, 7) is 1.18. The van der Waals surface area contributed by atoms with Crippen molar-refractivity contribution >= 4 is 35.3 Å². The van der Waals surface area contributed by atoms with Crippen molar-refractivity contribution in [2.45, 2.75) is 38.1 Å². The predicted molar refractivity (Wildman–Crippen MR) is 100 cm³/mol. The molecule has 3 heterocycles. The Bertz CT molecular complexity index is 919. The second kappa shape index (κ2) is 7.31. The van der Waals surface area contributed by atoms with Crippen LogP contribution in [0.4, 0.5) is 5.69 Å². The minimum absolute atomic E-state index is 0.0771. The van der Waals surface area contributed by atoms with E-state index in [1.54, 1.807) is 18.2 Å². The molecule has 0 aromatic heterocycles. The van der Waals surface area contributed by atoms with Crippen LogP contribution in [0.25, 0.3) is 0 Å². The van der Waals surface area contributed by atoms with Crippen LogP contribution in [0.3, 0.4) is 0 Å². The minimum Gasteiger partial charge on any atom is -0.481 e. The van der Waals surface area contributed by atoms with E-state index in [0.717, 1.165) is 4.90 Å². The Hall–Kier alpha value is -3.23. The molecule has 0 bridgehead atoms. The van der Waals surface area contributed by atoms with Crippen LogP contribution >= 0.6 is 0 Å². The Kier molecular flexibility index (Phi) is 4.81. The summed E-state index contributed by atoms with van der Waals surface area (Å²) in [4.78, 5) is 63.5. The molecule has 0 saturated carbocycles. The zero-order valence-electron chi connectivity index (χ0n) is 15.7. The van der Waals surface area contributed by atoms with Gasteiger partial charge in [-0.05, 0) is 37.3 Å². The third-order valence-corrected chi connectivity index (χ3v) is 5.86. The summed E-state index contributed by atoms with van der Waals surface area (Å²) >= 11 is 0. The van der Waals surface area contributed by atoms with E-state index in [4.69, 9.17) is 5.11 Å². The molecule has 2 N–H and O–H groups in total. The van der Waals surface area contributed by atoms with Gasteiger partial charge in [-0.2, -0.15) is 0 Å². The lowest BCUT2D eigenvalue weighted by Gasteiger charge is -2.34. The number of nitrogens with one attached hydrogen (secondary N) is 1. The Morgan fingerprint density at radius 1 is 1.07 bits per heavy atom. The third-order valence-electron chi connectivity index (χ3n) is 5.86. The average Bonchev–Trinajstić information content (AvgIpc) is 2.93. The van der Waals surface area contributed by atoms with Gasteiger partial charge < -0.3 is 10.0 Å². The predicted octanol–water partition coefficient (Wildman–Crippen LogP) is 0.779. The highest BCUT2D eigenvalue weighted by atomic mass is 16.4. The number of rotatable bonds is 4. The summed E-state index contributed by atoms with van der Waals surface area (Å²) < 4.78 is 0. The largest absolute Gasteiger partial charge is 0.481 e. The Labute approximate surface area is 166 Å². The maximum atomic E-state index is 13.1. The molecule has 1 aromatic carbocycles. The maximum absolute atomic E-state index is 13.1. The third kappa shape index (κ3) is 3.37. The molecule has 152 valence electrons. The fourth-order valence-electron chi connectivity index (χ4n) is 4.39. The highest BCUT2D eigenvalue weighted by molar-refractivity contribution is 6.25. The van der Waals surface area contributed by atoms with Crippen LogP contribution in [-0.2, 0) is 14.4 Å². The second-order valence-corrected chi connectivity index (χ2v) is 7.68. The van der Waals surface area contributed by atoms with E-state index < -0.39 is 35.6 Å². The molecule has 29 heavy (non-hydrogen) atoms. The Balaban J connectivity index is 1.58. The van der Waals surface area contributed by atoms with Gasteiger partial charge in [0.15, 0.2) is 0 Å². The van der Waals surface area contributed by atoms with Crippen LogP contribution in [0, 0.1) is 5.92 Å². The topological polar surface area (TPSA) is 124 Å². The summed E-state index contributed by atoms with van der Waals surface area (Å²) in [6.07, 6.45) is 1.70. The molecule has 4 rings (SSSR count). The molecule has 1 aromatic rings. The van der Waals surface area contributed by atoms with Crippen molar-refractivity contribution < 1.29 is 29.1 Å². The van der Waals surface area contributed by atoms with Gasteiger partial charge in [-0.3, -0.25) is 34.2 Å². The van der Waals surface area contributed by atoms with Crippen LogP contribution in [0.1, 0.15) is 52.8 Å². The number of amides is 4. The standard InChI is InChI=1S/C20H21N3O6/c24-15-5-4-14(18(27)21-15)23-19(28)12-2-1-3-13(17(12)20(23)29)22-8-6-11(7-9-22)10-16(25)26/h1-3,11,14H,4-10H2,(H,25,26)(H,21,24,27). The molecule has 1 unspecified atom stereocenters. The van der Waals surface area contributed by atoms with Gasteiger partial charge in [-0.25, -0.2) is 0 Å². The average molecular weight is 399 g/mol. The van der Waals surface area contributed by atoms with Gasteiger partial charge in [-0.1, -0.05) is 6.07 Å². The Morgan fingerprint density at radius 3 is 2.45 bits per heavy atom. The monoisotopic (exact) mass is 399 g/mol. The summed E-state index contributed by atoms with van der Waals surface area (Å²) in [7, 11) is 0. The van der Waals surface area contributed by atoms with Crippen LogP contribution in [0.2, 0.25) is 0 Å². The molecule has 3 aliphatic rings. The fourth-order valence-corrected chi connectivity index (χ4v) is 4.39. The quantitative estimate of drug-likeness (QED) is 0.717. The molecule has 9 nitrogen and oxygen atoms in total. The van der Waals surface area contributed by atoms with Gasteiger partial charge in [0.25, 0.3) is 11.8 Å². The van der Waals surface area contributed by atoms with Crippen molar-refractivity contribution in [3.05, 3.63) is 29.3 Å². The molecule has 2 fully saturated rings. The summed E-state index contributed by atoms with van der Waals surface area (Å²) in [5, 5.41) is 11.2. The number of carboxylic acid groups (broad SMARTS) is 1. The molecule has 1 atom stereocenters. The van der Waals surface area contributed by atoms with E-state index in [1.165, 1.54) is 0 Å². The van der Waals surface area contributed by atoms with E-state index in [1.807, 2.05) is 4.90 Å². The zero-order chi connectivity index (χ0) is 20.7. The number of fused-ring (bicyclic) bond motifs is 1. The lowest BCUT2D eigenvalue weighted by molar-refractivity contribution is -0.138. The van der Waals surface area contributed by atoms with Crippen molar-refractivity contribution in [3.63, 3.8) is 0 Å². The van der Waals surface area contributed by atoms with Gasteiger partial charge in [0, 0.05) is 25.9 Å². The number of imide groups is 2. The zero-order valence-corrected chi connectivity index (χ0v) is 15.7. The van der Waals surface area contributed by atoms with Crippen LogP contribution in [0.5, 0.6) is 0 Å². The smallest absolute Gasteiger partial charge is 0.303 e. The van der Waals surface area contributed by atoms with Crippen LogP contribution < -0.4 is 10.2 Å².